The summed E-state index contributed by atoms with van der Waals surface area (Å²) < 4.78 is 5.14. The van der Waals surface area contributed by atoms with Gasteiger partial charge >= 0.3 is 6.09 Å². The molecule has 19 heavy (non-hydrogen) atoms. The van der Waals surface area contributed by atoms with E-state index in [-0.39, 0.29) is 12.1 Å². The Morgan fingerprint density at radius 3 is 2.79 bits per heavy atom. The molecule has 0 radical (unpaired) electrons. The molecule has 0 saturated heterocycles. The maximum absolute atomic E-state index is 11.4. The quantitative estimate of drug-likeness (QED) is 0.689. The number of hydrogen-bond acceptors (Lipinski definition) is 4. The van der Waals surface area contributed by atoms with Gasteiger partial charge in [-0.3, -0.25) is 5.10 Å². The molecule has 6 nitrogen and oxygen atoms in total. The van der Waals surface area contributed by atoms with Gasteiger partial charge in [-0.15, -0.1) is 0 Å². The molecule has 0 aliphatic heterocycles. The summed E-state index contributed by atoms with van der Waals surface area (Å²) in [5.41, 5.74) is 0.679. The monoisotopic (exact) mass is 268 g/mol. The van der Waals surface area contributed by atoms with Crippen molar-refractivity contribution in [2.24, 2.45) is 0 Å². The summed E-state index contributed by atoms with van der Waals surface area (Å²) in [6.45, 7) is 9.04. The molecule has 1 aromatic heterocycles. The predicted octanol–water partition coefficient (Wildman–Crippen LogP) is 1.98. The molecule has 0 saturated carbocycles. The van der Waals surface area contributed by atoms with Crippen LogP contribution in [-0.4, -0.2) is 35.0 Å². The fourth-order valence-corrected chi connectivity index (χ4v) is 1.53. The summed E-state index contributed by atoms with van der Waals surface area (Å²) in [7, 11) is 0. The van der Waals surface area contributed by atoms with Crippen molar-refractivity contribution in [3.63, 3.8) is 0 Å². The lowest BCUT2D eigenvalue weighted by atomic mass is 10.2. The van der Waals surface area contributed by atoms with Crippen molar-refractivity contribution >= 4 is 6.09 Å². The number of nitrogens with one attached hydrogen (secondary N) is 3. The molecule has 1 unspecified atom stereocenters. The standard InChI is InChI=1S/C13H24N4O2/c1-10(11-8-16-17-9-11)14-6-5-7-15-12(18)19-13(2,3)4/h8-10,14H,5-7H2,1-4H3,(H,15,18)(H,16,17). The summed E-state index contributed by atoms with van der Waals surface area (Å²) in [4.78, 5) is 11.4. The Balaban J connectivity index is 2.07. The third kappa shape index (κ3) is 6.81. The zero-order chi connectivity index (χ0) is 14.3. The Labute approximate surface area is 114 Å². The highest BCUT2D eigenvalue weighted by atomic mass is 16.6. The van der Waals surface area contributed by atoms with Gasteiger partial charge in [0.1, 0.15) is 5.60 Å². The Morgan fingerprint density at radius 1 is 1.47 bits per heavy atom. The molecule has 6 heteroatoms. The minimum absolute atomic E-state index is 0.250. The Hall–Kier alpha value is -1.56. The lowest BCUT2D eigenvalue weighted by molar-refractivity contribution is 0.0527. The normalized spacial score (nSPS) is 13.1. The SMILES string of the molecule is CC(NCCCNC(=O)OC(C)(C)C)c1cn[nH]c1. The summed E-state index contributed by atoms with van der Waals surface area (Å²) in [6.07, 6.45) is 4.16. The maximum atomic E-state index is 11.4. The van der Waals surface area contributed by atoms with E-state index < -0.39 is 5.60 Å². The van der Waals surface area contributed by atoms with Gasteiger partial charge < -0.3 is 15.4 Å². The number of hydrogen-bond donors (Lipinski definition) is 3. The first-order chi connectivity index (χ1) is 8.88. The maximum Gasteiger partial charge on any atom is 0.407 e. The molecule has 0 fully saturated rings. The molecule has 0 aliphatic rings. The molecular weight excluding hydrogens is 244 g/mol. The summed E-state index contributed by atoms with van der Waals surface area (Å²) in [5.74, 6) is 0. The van der Waals surface area contributed by atoms with Crippen LogP contribution in [0.3, 0.4) is 0 Å². The van der Waals surface area contributed by atoms with Crippen LogP contribution in [0.2, 0.25) is 0 Å². The van der Waals surface area contributed by atoms with Gasteiger partial charge in [0.25, 0.3) is 0 Å². The molecule has 0 bridgehead atoms. The molecule has 1 heterocycles. The molecule has 3 N–H and O–H groups in total. The van der Waals surface area contributed by atoms with E-state index in [0.29, 0.717) is 6.54 Å². The van der Waals surface area contributed by atoms with Gasteiger partial charge in [0, 0.05) is 24.3 Å². The van der Waals surface area contributed by atoms with E-state index >= 15 is 0 Å². The summed E-state index contributed by atoms with van der Waals surface area (Å²) >= 11 is 0. The van der Waals surface area contributed by atoms with Crippen molar-refractivity contribution in [2.75, 3.05) is 13.1 Å². The molecule has 1 amide bonds. The van der Waals surface area contributed by atoms with Crippen molar-refractivity contribution in [2.45, 2.75) is 45.8 Å². The summed E-state index contributed by atoms with van der Waals surface area (Å²) in [5, 5.41) is 12.8. The third-order valence-corrected chi connectivity index (χ3v) is 2.49. The molecule has 0 spiro atoms. The molecule has 0 aliphatic carbocycles. The van der Waals surface area contributed by atoms with Gasteiger partial charge in [0.15, 0.2) is 0 Å². The minimum atomic E-state index is -0.446. The lowest BCUT2D eigenvalue weighted by Crippen LogP contribution is -2.34. The van der Waals surface area contributed by atoms with Crippen LogP contribution in [0.5, 0.6) is 0 Å². The van der Waals surface area contributed by atoms with E-state index in [9.17, 15) is 4.79 Å². The Bertz CT molecular complexity index is 370. The van der Waals surface area contributed by atoms with Gasteiger partial charge in [-0.25, -0.2) is 4.79 Å². The van der Waals surface area contributed by atoms with Gasteiger partial charge in [-0.2, -0.15) is 5.10 Å². The Kier molecular flexibility index (Phi) is 5.82. The van der Waals surface area contributed by atoms with Gasteiger partial charge in [0.2, 0.25) is 0 Å². The molecule has 108 valence electrons. The largest absolute Gasteiger partial charge is 0.444 e. The van der Waals surface area contributed by atoms with Gasteiger partial charge in [0.05, 0.1) is 6.20 Å². The number of H-pyrrole nitrogens is 1. The number of nitrogens with zero attached hydrogens (tertiary/aromatic N) is 1. The van der Waals surface area contributed by atoms with Crippen LogP contribution in [0.1, 0.15) is 45.7 Å². The number of carbonyl (C=O) groups is 1. The Morgan fingerprint density at radius 2 is 2.21 bits per heavy atom. The number of aromatic nitrogens is 2. The van der Waals surface area contributed by atoms with Crippen LogP contribution in [0.25, 0.3) is 0 Å². The third-order valence-electron chi connectivity index (χ3n) is 2.49. The number of rotatable bonds is 6. The minimum Gasteiger partial charge on any atom is -0.444 e. The van der Waals surface area contributed by atoms with E-state index in [1.807, 2.05) is 27.0 Å². The first-order valence-electron chi connectivity index (χ1n) is 6.57. The predicted molar refractivity (Wildman–Crippen MR) is 73.9 cm³/mol. The smallest absolute Gasteiger partial charge is 0.407 e. The van der Waals surface area contributed by atoms with Crippen molar-refractivity contribution in [3.8, 4) is 0 Å². The van der Waals surface area contributed by atoms with E-state index in [1.54, 1.807) is 6.20 Å². The number of aromatic amines is 1. The van der Waals surface area contributed by atoms with E-state index in [4.69, 9.17) is 4.74 Å². The van der Waals surface area contributed by atoms with Crippen LogP contribution in [0.4, 0.5) is 4.79 Å². The second kappa shape index (κ2) is 7.13. The zero-order valence-corrected chi connectivity index (χ0v) is 12.1. The average molecular weight is 268 g/mol. The number of alkyl carbamates (subject to hydrolysis) is 1. The van der Waals surface area contributed by atoms with Crippen molar-refractivity contribution < 1.29 is 9.53 Å². The number of amides is 1. The van der Waals surface area contributed by atoms with E-state index in [1.165, 1.54) is 0 Å². The fraction of sp³-hybridized carbons (Fsp3) is 0.692. The molecule has 1 aromatic rings. The average Bonchev–Trinajstić information content (AvgIpc) is 2.79. The topological polar surface area (TPSA) is 79.0 Å². The molecule has 1 rings (SSSR count). The lowest BCUT2D eigenvalue weighted by Gasteiger charge is -2.19. The second-order valence-corrected chi connectivity index (χ2v) is 5.49. The highest BCUT2D eigenvalue weighted by Crippen LogP contribution is 2.08. The van der Waals surface area contributed by atoms with Crippen LogP contribution in [0.15, 0.2) is 12.4 Å². The molecular formula is C13H24N4O2. The molecule has 1 atom stereocenters. The van der Waals surface area contributed by atoms with E-state index in [0.717, 1.165) is 18.5 Å². The van der Waals surface area contributed by atoms with Gasteiger partial charge in [-0.1, -0.05) is 0 Å². The summed E-state index contributed by atoms with van der Waals surface area (Å²) in [6, 6.07) is 0.250. The highest BCUT2D eigenvalue weighted by Gasteiger charge is 2.15. The van der Waals surface area contributed by atoms with Crippen molar-refractivity contribution in [1.82, 2.24) is 20.8 Å². The van der Waals surface area contributed by atoms with Crippen LogP contribution >= 0.6 is 0 Å². The van der Waals surface area contributed by atoms with Crippen LogP contribution < -0.4 is 10.6 Å². The first kappa shape index (κ1) is 15.5. The number of carbonyl (C=O) groups excluding carboxylic acids is 1. The highest BCUT2D eigenvalue weighted by molar-refractivity contribution is 5.67. The number of ether oxygens (including phenoxy) is 1. The second-order valence-electron chi connectivity index (χ2n) is 5.49. The van der Waals surface area contributed by atoms with E-state index in [2.05, 4.69) is 27.8 Å². The molecule has 0 aromatic carbocycles. The van der Waals surface area contributed by atoms with Crippen LogP contribution in [-0.2, 0) is 4.74 Å². The zero-order valence-electron chi connectivity index (χ0n) is 12.1. The van der Waals surface area contributed by atoms with Crippen molar-refractivity contribution in [3.05, 3.63) is 18.0 Å². The first-order valence-corrected chi connectivity index (χ1v) is 6.57. The fourth-order valence-electron chi connectivity index (χ4n) is 1.53. The van der Waals surface area contributed by atoms with Crippen molar-refractivity contribution in [1.29, 1.82) is 0 Å². The van der Waals surface area contributed by atoms with Gasteiger partial charge in [-0.05, 0) is 40.7 Å². The van der Waals surface area contributed by atoms with Crippen LogP contribution in [0, 0.1) is 0 Å².